The molecule has 164 valence electrons. The molecule has 0 bridgehead atoms. The molecule has 0 saturated carbocycles. The van der Waals surface area contributed by atoms with Crippen molar-refractivity contribution >= 4 is 0 Å². The average Bonchev–Trinajstić information content (AvgIpc) is 2.66. The predicted octanol–water partition coefficient (Wildman–Crippen LogP) is 3.05. The molecule has 3 rings (SSSR count). The third kappa shape index (κ3) is 7.14. The molecular formula is C23H38N2O4. The molecule has 2 heterocycles. The van der Waals surface area contributed by atoms with Gasteiger partial charge in [-0.25, -0.2) is 0 Å². The van der Waals surface area contributed by atoms with Gasteiger partial charge in [-0.15, -0.1) is 0 Å². The Balaban J connectivity index is 1.43. The lowest BCUT2D eigenvalue weighted by Gasteiger charge is -2.39. The van der Waals surface area contributed by atoms with E-state index in [2.05, 4.69) is 37.7 Å². The molecule has 2 saturated heterocycles. The van der Waals surface area contributed by atoms with Gasteiger partial charge < -0.3 is 23.8 Å². The van der Waals surface area contributed by atoms with Gasteiger partial charge in [-0.2, -0.15) is 0 Å². The SMILES string of the molecule is C[C@@H]1CN(CCCOc2ccc(OC3(CN(C)C)CCOCC3)cc2)C[C@H](C)O1. The molecule has 29 heavy (non-hydrogen) atoms. The van der Waals surface area contributed by atoms with Crippen LogP contribution in [0, 0.1) is 0 Å². The van der Waals surface area contributed by atoms with Crippen molar-refractivity contribution in [3.05, 3.63) is 24.3 Å². The van der Waals surface area contributed by atoms with E-state index >= 15 is 0 Å². The Bertz CT molecular complexity index is 591. The normalized spacial score (nSPS) is 25.1. The lowest BCUT2D eigenvalue weighted by molar-refractivity contribution is -0.0686. The standard InChI is InChI=1S/C23H38N2O4/c1-19-16-25(17-20(2)28-19)12-5-13-27-21-6-8-22(9-7-21)29-23(18-24(3)4)10-14-26-15-11-23/h6-9,19-20H,5,10-18H2,1-4H3/t19-,20+. The van der Waals surface area contributed by atoms with Crippen molar-refractivity contribution < 1.29 is 18.9 Å². The van der Waals surface area contributed by atoms with Crippen LogP contribution in [0.1, 0.15) is 33.1 Å². The summed E-state index contributed by atoms with van der Waals surface area (Å²) in [6.45, 7) is 10.5. The monoisotopic (exact) mass is 406 g/mol. The summed E-state index contributed by atoms with van der Waals surface area (Å²) in [6, 6.07) is 8.06. The molecular weight excluding hydrogens is 368 g/mol. The smallest absolute Gasteiger partial charge is 0.126 e. The molecule has 2 aliphatic heterocycles. The molecule has 0 N–H and O–H groups in total. The topological polar surface area (TPSA) is 43.4 Å². The fourth-order valence-electron chi connectivity index (χ4n) is 4.41. The van der Waals surface area contributed by atoms with Crippen LogP contribution in [0.3, 0.4) is 0 Å². The van der Waals surface area contributed by atoms with Gasteiger partial charge in [0, 0.05) is 39.0 Å². The predicted molar refractivity (Wildman–Crippen MR) is 115 cm³/mol. The molecule has 2 atom stereocenters. The van der Waals surface area contributed by atoms with Gasteiger partial charge in [0.1, 0.15) is 17.1 Å². The third-order valence-corrected chi connectivity index (χ3v) is 5.55. The first kappa shape index (κ1) is 22.3. The molecule has 6 nitrogen and oxygen atoms in total. The fourth-order valence-corrected chi connectivity index (χ4v) is 4.41. The lowest BCUT2D eigenvalue weighted by atomic mass is 9.93. The first-order chi connectivity index (χ1) is 13.9. The van der Waals surface area contributed by atoms with Gasteiger partial charge in [-0.05, 0) is 58.6 Å². The highest BCUT2D eigenvalue weighted by atomic mass is 16.5. The molecule has 2 aliphatic rings. The Morgan fingerprint density at radius 1 is 1.03 bits per heavy atom. The molecule has 0 amide bonds. The zero-order valence-electron chi connectivity index (χ0n) is 18.6. The second-order valence-electron chi connectivity index (χ2n) is 8.83. The summed E-state index contributed by atoms with van der Waals surface area (Å²) in [6.07, 6.45) is 3.49. The molecule has 0 aromatic heterocycles. The Labute approximate surface area is 176 Å². The van der Waals surface area contributed by atoms with E-state index in [0.717, 1.165) is 76.8 Å². The number of morpholine rings is 1. The highest BCUT2D eigenvalue weighted by Crippen LogP contribution is 2.29. The largest absolute Gasteiger partial charge is 0.494 e. The summed E-state index contributed by atoms with van der Waals surface area (Å²) in [4.78, 5) is 4.66. The van der Waals surface area contributed by atoms with E-state index in [-0.39, 0.29) is 5.60 Å². The zero-order chi connectivity index (χ0) is 20.7. The van der Waals surface area contributed by atoms with E-state index in [4.69, 9.17) is 18.9 Å². The summed E-state index contributed by atoms with van der Waals surface area (Å²) in [5.74, 6) is 1.80. The maximum absolute atomic E-state index is 6.44. The van der Waals surface area contributed by atoms with Crippen LogP contribution < -0.4 is 9.47 Å². The van der Waals surface area contributed by atoms with Gasteiger partial charge in [0.2, 0.25) is 0 Å². The number of hydrogen-bond acceptors (Lipinski definition) is 6. The van der Waals surface area contributed by atoms with Crippen molar-refractivity contribution in [2.75, 3.05) is 60.1 Å². The number of nitrogens with zero attached hydrogens (tertiary/aromatic N) is 2. The molecule has 0 aliphatic carbocycles. The Hall–Kier alpha value is -1.34. The number of likely N-dealkylation sites (N-methyl/N-ethyl adjacent to an activating group) is 1. The van der Waals surface area contributed by atoms with Gasteiger partial charge in [0.15, 0.2) is 0 Å². The fraction of sp³-hybridized carbons (Fsp3) is 0.739. The number of rotatable bonds is 9. The van der Waals surface area contributed by atoms with Crippen molar-refractivity contribution in [1.29, 1.82) is 0 Å². The molecule has 1 aromatic carbocycles. The van der Waals surface area contributed by atoms with Crippen LogP contribution in [0.5, 0.6) is 11.5 Å². The van der Waals surface area contributed by atoms with Gasteiger partial charge in [0.05, 0.1) is 32.0 Å². The van der Waals surface area contributed by atoms with Crippen molar-refractivity contribution in [2.45, 2.75) is 50.9 Å². The molecule has 2 fully saturated rings. The quantitative estimate of drug-likeness (QED) is 0.587. The number of hydrogen-bond donors (Lipinski definition) is 0. The van der Waals surface area contributed by atoms with Gasteiger partial charge in [-0.1, -0.05) is 0 Å². The molecule has 0 unspecified atom stereocenters. The highest BCUT2D eigenvalue weighted by Gasteiger charge is 2.35. The van der Waals surface area contributed by atoms with E-state index in [1.807, 2.05) is 24.3 Å². The summed E-state index contributed by atoms with van der Waals surface area (Å²) in [5.41, 5.74) is -0.170. The second kappa shape index (κ2) is 10.6. The van der Waals surface area contributed by atoms with Crippen LogP contribution in [-0.4, -0.2) is 87.7 Å². The van der Waals surface area contributed by atoms with Gasteiger partial charge in [0.25, 0.3) is 0 Å². The maximum atomic E-state index is 6.44. The summed E-state index contributed by atoms with van der Waals surface area (Å²) in [5, 5.41) is 0. The minimum atomic E-state index is -0.170. The van der Waals surface area contributed by atoms with Crippen LogP contribution in [0.25, 0.3) is 0 Å². The zero-order valence-corrected chi connectivity index (χ0v) is 18.6. The van der Waals surface area contributed by atoms with Crippen LogP contribution in [0.2, 0.25) is 0 Å². The van der Waals surface area contributed by atoms with Crippen LogP contribution in [0.4, 0.5) is 0 Å². The maximum Gasteiger partial charge on any atom is 0.126 e. The Kier molecular flexibility index (Phi) is 8.18. The summed E-state index contributed by atoms with van der Waals surface area (Å²) < 4.78 is 23.7. The van der Waals surface area contributed by atoms with Crippen LogP contribution in [0.15, 0.2) is 24.3 Å². The van der Waals surface area contributed by atoms with Crippen molar-refractivity contribution in [2.24, 2.45) is 0 Å². The van der Waals surface area contributed by atoms with E-state index in [0.29, 0.717) is 12.2 Å². The van der Waals surface area contributed by atoms with Crippen LogP contribution in [-0.2, 0) is 9.47 Å². The molecule has 6 heteroatoms. The highest BCUT2D eigenvalue weighted by molar-refractivity contribution is 5.31. The first-order valence-electron chi connectivity index (χ1n) is 11.0. The van der Waals surface area contributed by atoms with Crippen molar-refractivity contribution in [3.63, 3.8) is 0 Å². The Morgan fingerprint density at radius 2 is 1.66 bits per heavy atom. The van der Waals surface area contributed by atoms with E-state index in [1.54, 1.807) is 0 Å². The number of ether oxygens (including phenoxy) is 4. The minimum absolute atomic E-state index is 0.170. The van der Waals surface area contributed by atoms with Gasteiger partial charge in [-0.3, -0.25) is 4.90 Å². The molecule has 1 aromatic rings. The van der Waals surface area contributed by atoms with E-state index in [9.17, 15) is 0 Å². The number of benzene rings is 1. The first-order valence-corrected chi connectivity index (χ1v) is 11.0. The van der Waals surface area contributed by atoms with E-state index in [1.165, 1.54) is 0 Å². The summed E-state index contributed by atoms with van der Waals surface area (Å²) >= 11 is 0. The Morgan fingerprint density at radius 3 is 2.28 bits per heavy atom. The van der Waals surface area contributed by atoms with Crippen LogP contribution >= 0.6 is 0 Å². The lowest BCUT2D eigenvalue weighted by Crippen LogP contribution is -2.49. The summed E-state index contributed by atoms with van der Waals surface area (Å²) in [7, 11) is 4.19. The van der Waals surface area contributed by atoms with Crippen molar-refractivity contribution in [3.8, 4) is 11.5 Å². The molecule has 0 spiro atoms. The molecule has 0 radical (unpaired) electrons. The minimum Gasteiger partial charge on any atom is -0.494 e. The second-order valence-corrected chi connectivity index (χ2v) is 8.83. The average molecular weight is 407 g/mol. The third-order valence-electron chi connectivity index (χ3n) is 5.55. The van der Waals surface area contributed by atoms with Gasteiger partial charge >= 0.3 is 0 Å². The van der Waals surface area contributed by atoms with Crippen molar-refractivity contribution in [1.82, 2.24) is 9.80 Å². The van der Waals surface area contributed by atoms with E-state index < -0.39 is 0 Å².